The van der Waals surface area contributed by atoms with Crippen molar-refractivity contribution in [1.82, 2.24) is 14.9 Å². The van der Waals surface area contributed by atoms with Crippen molar-refractivity contribution in [3.05, 3.63) is 22.1 Å². The Labute approximate surface area is 79.7 Å². The molecule has 0 saturated heterocycles. The zero-order chi connectivity index (χ0) is 10.0. The Morgan fingerprint density at radius 2 is 2.46 bits per heavy atom. The van der Waals surface area contributed by atoms with Crippen LogP contribution in [0.2, 0.25) is 0 Å². The molecule has 0 saturated carbocycles. The van der Waals surface area contributed by atoms with Crippen molar-refractivity contribution in [3.8, 4) is 0 Å². The van der Waals surface area contributed by atoms with Crippen molar-refractivity contribution in [2.75, 3.05) is 7.05 Å². The Bertz CT molecular complexity index is 360. The predicted molar refractivity (Wildman–Crippen MR) is 50.7 cm³/mol. The van der Waals surface area contributed by atoms with Gasteiger partial charge < -0.3 is 15.4 Å². The second-order valence-corrected chi connectivity index (χ2v) is 2.70. The predicted octanol–water partition coefficient (Wildman–Crippen LogP) is 0.452. The van der Waals surface area contributed by atoms with Gasteiger partial charge in [0.25, 0.3) is 5.11 Å². The van der Waals surface area contributed by atoms with E-state index in [0.717, 1.165) is 0 Å². The van der Waals surface area contributed by atoms with Crippen LogP contribution in [-0.2, 0) is 0 Å². The summed E-state index contributed by atoms with van der Waals surface area (Å²) in [6.07, 6.45) is 1.18. The monoisotopic (exact) mass is 200 g/mol. The lowest BCUT2D eigenvalue weighted by atomic mass is 10.6. The van der Waals surface area contributed by atoms with Crippen LogP contribution in [0.5, 0.6) is 0 Å². The lowest BCUT2D eigenvalue weighted by molar-refractivity contribution is -0.390. The average molecular weight is 200 g/mol. The van der Waals surface area contributed by atoms with E-state index in [-0.39, 0.29) is 10.9 Å². The Morgan fingerprint density at radius 3 is 2.92 bits per heavy atom. The first-order chi connectivity index (χ1) is 6.07. The van der Waals surface area contributed by atoms with Gasteiger partial charge >= 0.3 is 5.82 Å². The molecule has 0 aromatic carbocycles. The van der Waals surface area contributed by atoms with Crippen molar-refractivity contribution >= 4 is 23.1 Å². The Morgan fingerprint density at radius 1 is 1.85 bits per heavy atom. The van der Waals surface area contributed by atoms with Crippen LogP contribution in [0.3, 0.4) is 0 Å². The molecule has 0 aliphatic rings. The van der Waals surface area contributed by atoms with E-state index in [0.29, 0.717) is 5.82 Å². The second kappa shape index (κ2) is 3.48. The van der Waals surface area contributed by atoms with Crippen LogP contribution in [-0.4, -0.2) is 26.6 Å². The summed E-state index contributed by atoms with van der Waals surface area (Å²) < 4.78 is 1.27. The van der Waals surface area contributed by atoms with Crippen molar-refractivity contribution in [2.24, 2.45) is 0 Å². The Kier molecular flexibility index (Phi) is 2.57. The molecule has 1 aromatic heterocycles. The van der Waals surface area contributed by atoms with Gasteiger partial charge in [0.15, 0.2) is 0 Å². The SMILES string of the molecule is CNC(=S)n1c([N+](=O)[O-])cnc1C. The molecule has 70 valence electrons. The van der Waals surface area contributed by atoms with E-state index < -0.39 is 4.92 Å². The zero-order valence-corrected chi connectivity index (χ0v) is 7.96. The second-order valence-electron chi connectivity index (χ2n) is 2.31. The third-order valence-electron chi connectivity index (χ3n) is 1.52. The van der Waals surface area contributed by atoms with E-state index in [1.165, 1.54) is 10.8 Å². The summed E-state index contributed by atoms with van der Waals surface area (Å²) in [5.74, 6) is 0.364. The van der Waals surface area contributed by atoms with E-state index in [4.69, 9.17) is 12.2 Å². The third kappa shape index (κ3) is 1.64. The number of hydrogen-bond acceptors (Lipinski definition) is 4. The van der Waals surface area contributed by atoms with Gasteiger partial charge in [0.1, 0.15) is 6.20 Å². The highest BCUT2D eigenvalue weighted by Crippen LogP contribution is 2.12. The number of rotatable bonds is 1. The fourth-order valence-electron chi connectivity index (χ4n) is 0.924. The van der Waals surface area contributed by atoms with Gasteiger partial charge in [-0.2, -0.15) is 4.57 Å². The fourth-order valence-corrected chi connectivity index (χ4v) is 1.15. The van der Waals surface area contributed by atoms with Gasteiger partial charge in [0.2, 0.25) is 5.82 Å². The van der Waals surface area contributed by atoms with E-state index in [1.54, 1.807) is 14.0 Å². The molecule has 0 radical (unpaired) electrons. The fraction of sp³-hybridized carbons (Fsp3) is 0.333. The third-order valence-corrected chi connectivity index (χ3v) is 1.91. The van der Waals surface area contributed by atoms with Crippen LogP contribution < -0.4 is 5.32 Å². The van der Waals surface area contributed by atoms with Crippen LogP contribution >= 0.6 is 12.2 Å². The van der Waals surface area contributed by atoms with Crippen LogP contribution in [0.25, 0.3) is 0 Å². The molecule has 0 unspecified atom stereocenters. The molecule has 0 atom stereocenters. The molecule has 0 bridgehead atoms. The molecule has 1 rings (SSSR count). The van der Waals surface area contributed by atoms with Crippen molar-refractivity contribution < 1.29 is 4.92 Å². The lowest BCUT2D eigenvalue weighted by Crippen LogP contribution is -2.26. The van der Waals surface area contributed by atoms with E-state index in [2.05, 4.69) is 10.3 Å². The van der Waals surface area contributed by atoms with Gasteiger partial charge in [0, 0.05) is 14.0 Å². The molecule has 1 heterocycles. The first-order valence-electron chi connectivity index (χ1n) is 3.48. The van der Waals surface area contributed by atoms with E-state index in [9.17, 15) is 10.1 Å². The minimum Gasteiger partial charge on any atom is -0.358 e. The maximum absolute atomic E-state index is 10.5. The van der Waals surface area contributed by atoms with Gasteiger partial charge in [-0.3, -0.25) is 0 Å². The van der Waals surface area contributed by atoms with Gasteiger partial charge in [-0.05, 0) is 17.1 Å². The van der Waals surface area contributed by atoms with Crippen LogP contribution in [0, 0.1) is 17.0 Å². The summed E-state index contributed by atoms with van der Waals surface area (Å²) in [7, 11) is 1.60. The number of imidazole rings is 1. The van der Waals surface area contributed by atoms with E-state index >= 15 is 0 Å². The number of thiocarbonyl (C=S) groups is 1. The number of nitrogens with one attached hydrogen (secondary N) is 1. The van der Waals surface area contributed by atoms with Crippen molar-refractivity contribution in [3.63, 3.8) is 0 Å². The molecule has 1 aromatic rings. The topological polar surface area (TPSA) is 73.0 Å². The molecule has 13 heavy (non-hydrogen) atoms. The maximum Gasteiger partial charge on any atom is 0.349 e. The highest BCUT2D eigenvalue weighted by atomic mass is 32.1. The molecule has 0 fully saturated rings. The van der Waals surface area contributed by atoms with Crippen molar-refractivity contribution in [2.45, 2.75) is 6.92 Å². The quantitative estimate of drug-likeness (QED) is 0.405. The first kappa shape index (κ1) is 9.59. The van der Waals surface area contributed by atoms with Gasteiger partial charge in [-0.25, -0.2) is 4.98 Å². The summed E-state index contributed by atoms with van der Waals surface area (Å²) in [4.78, 5) is 13.8. The molecular weight excluding hydrogens is 192 g/mol. The first-order valence-corrected chi connectivity index (χ1v) is 3.89. The van der Waals surface area contributed by atoms with Crippen molar-refractivity contribution in [1.29, 1.82) is 0 Å². The van der Waals surface area contributed by atoms with Gasteiger partial charge in [-0.1, -0.05) is 0 Å². The minimum atomic E-state index is -0.524. The summed E-state index contributed by atoms with van der Waals surface area (Å²) in [6.45, 7) is 1.65. The molecule has 0 amide bonds. The molecular formula is C6H8N4O2S. The molecule has 7 heteroatoms. The molecule has 1 N–H and O–H groups in total. The summed E-state index contributed by atoms with van der Waals surface area (Å²) in [5.41, 5.74) is 0. The smallest absolute Gasteiger partial charge is 0.349 e. The maximum atomic E-state index is 10.5. The molecule has 0 aliphatic heterocycles. The summed E-state index contributed by atoms with van der Waals surface area (Å²) >= 11 is 4.88. The highest BCUT2D eigenvalue weighted by molar-refractivity contribution is 7.80. The standard InChI is InChI=1S/C6H8N4O2S/c1-4-8-3-5(10(11)12)9(4)6(13)7-2/h3H,1-2H3,(H,7,13). The van der Waals surface area contributed by atoms with Crippen LogP contribution in [0.4, 0.5) is 5.82 Å². The number of aromatic nitrogens is 2. The average Bonchev–Trinajstić information content (AvgIpc) is 2.46. The van der Waals surface area contributed by atoms with E-state index in [1.807, 2.05) is 0 Å². The summed E-state index contributed by atoms with van der Waals surface area (Å²) in [5, 5.41) is 13.4. The Hall–Kier alpha value is -1.50. The molecule has 0 spiro atoms. The summed E-state index contributed by atoms with van der Waals surface area (Å²) in [6, 6.07) is 0. The minimum absolute atomic E-state index is 0.128. The van der Waals surface area contributed by atoms with Gasteiger partial charge in [-0.15, -0.1) is 0 Å². The number of nitro groups is 1. The largest absolute Gasteiger partial charge is 0.358 e. The number of hydrogen-bond donors (Lipinski definition) is 1. The van der Waals surface area contributed by atoms with Crippen LogP contribution in [0.1, 0.15) is 5.82 Å². The molecule has 0 aliphatic carbocycles. The number of nitrogens with zero attached hydrogens (tertiary/aromatic N) is 3. The van der Waals surface area contributed by atoms with Crippen LogP contribution in [0.15, 0.2) is 6.20 Å². The zero-order valence-electron chi connectivity index (χ0n) is 7.14. The molecule has 6 nitrogen and oxygen atoms in total. The highest BCUT2D eigenvalue weighted by Gasteiger charge is 2.20. The Balaban J connectivity index is 3.24. The lowest BCUT2D eigenvalue weighted by Gasteiger charge is -2.01. The number of aryl methyl sites for hydroxylation is 1. The normalized spacial score (nSPS) is 9.69. The van der Waals surface area contributed by atoms with Gasteiger partial charge in [0.05, 0.1) is 0 Å².